The minimum Gasteiger partial charge on any atom is -0.393 e. The number of hydrogen-bond acceptors (Lipinski definition) is 3. The molecule has 0 radical (unpaired) electrons. The second-order valence-corrected chi connectivity index (χ2v) is 11.3. The first-order chi connectivity index (χ1) is 14.0. The maximum atomic E-state index is 10.1. The van der Waals surface area contributed by atoms with Crippen molar-refractivity contribution >= 4 is 0 Å². The topological polar surface area (TPSA) is 60.7 Å². The number of aliphatic hydroxyl groups excluding tert-OH is 2. The van der Waals surface area contributed by atoms with Crippen LogP contribution in [0.25, 0.3) is 0 Å². The average Bonchev–Trinajstić information content (AvgIpc) is 3.00. The third-order valence-corrected chi connectivity index (χ3v) is 8.44. The molecule has 3 nitrogen and oxygen atoms in total. The van der Waals surface area contributed by atoms with E-state index < -0.39 is 17.8 Å². The molecule has 0 aromatic carbocycles. The van der Waals surface area contributed by atoms with Crippen LogP contribution in [0.2, 0.25) is 0 Å². The maximum Gasteiger partial charge on any atom is 0.0811 e. The number of hydrogen-bond donors (Lipinski definition) is 3. The Balaban J connectivity index is 0.00000341. The van der Waals surface area contributed by atoms with Crippen LogP contribution in [0, 0.1) is 23.2 Å². The molecular weight excluding hydrogens is 372 g/mol. The normalized spacial score (nSPS) is 38.8. The standard InChI is InChI=1S/C27H44O3.3H2/c1-18(8-6-14-26(3,4)30)23-12-13-24-20(9-7-15-27(23,24)5)10-11-21-16-22(28)17-25(29)19(21)2;;;/h10-11,18,22-25,28-30H,2,6-9,12-17H2,1,3-5H3;3*1H/b20-10+,21-11-;;;/t18-,22+,23+,24-,25+,27+;;;/m0.../s1. The molecule has 3 aliphatic carbocycles. The van der Waals surface area contributed by atoms with E-state index in [4.69, 9.17) is 0 Å². The Morgan fingerprint density at radius 3 is 2.70 bits per heavy atom. The van der Waals surface area contributed by atoms with Crippen LogP contribution in [0.1, 0.15) is 96.2 Å². The summed E-state index contributed by atoms with van der Waals surface area (Å²) in [6, 6.07) is 0. The van der Waals surface area contributed by atoms with Crippen molar-refractivity contribution in [3.63, 3.8) is 0 Å². The zero-order chi connectivity index (χ0) is 22.1. The lowest BCUT2D eigenvalue weighted by molar-refractivity contribution is 0.0596. The van der Waals surface area contributed by atoms with Crippen LogP contribution in [-0.2, 0) is 0 Å². The molecule has 6 atom stereocenters. The van der Waals surface area contributed by atoms with Gasteiger partial charge in [0.1, 0.15) is 0 Å². The van der Waals surface area contributed by atoms with Crippen molar-refractivity contribution in [2.75, 3.05) is 0 Å². The molecule has 0 amide bonds. The minimum atomic E-state index is -0.615. The van der Waals surface area contributed by atoms with Gasteiger partial charge in [0, 0.05) is 10.7 Å². The highest BCUT2D eigenvalue weighted by molar-refractivity contribution is 5.38. The number of rotatable bonds is 6. The number of allylic oxidation sites excluding steroid dienone is 3. The van der Waals surface area contributed by atoms with Gasteiger partial charge in [-0.2, -0.15) is 0 Å². The van der Waals surface area contributed by atoms with Gasteiger partial charge in [-0.1, -0.05) is 51.0 Å². The summed E-state index contributed by atoms with van der Waals surface area (Å²) in [5.74, 6) is 2.11. The van der Waals surface area contributed by atoms with Crippen molar-refractivity contribution in [3.05, 3.63) is 35.5 Å². The van der Waals surface area contributed by atoms with Gasteiger partial charge >= 0.3 is 0 Å². The fourth-order valence-electron chi connectivity index (χ4n) is 6.74. The molecule has 3 saturated carbocycles. The summed E-state index contributed by atoms with van der Waals surface area (Å²) in [7, 11) is 0. The van der Waals surface area contributed by atoms with Crippen LogP contribution >= 0.6 is 0 Å². The van der Waals surface area contributed by atoms with E-state index in [1.807, 2.05) is 13.8 Å². The highest BCUT2D eigenvalue weighted by Crippen LogP contribution is 2.60. The van der Waals surface area contributed by atoms with Gasteiger partial charge < -0.3 is 15.3 Å². The van der Waals surface area contributed by atoms with Crippen molar-refractivity contribution in [1.29, 1.82) is 0 Å². The third kappa shape index (κ3) is 5.29. The van der Waals surface area contributed by atoms with Gasteiger partial charge in [0.05, 0.1) is 17.8 Å². The van der Waals surface area contributed by atoms with Crippen LogP contribution in [-0.4, -0.2) is 33.1 Å². The average molecular weight is 423 g/mol. The predicted molar refractivity (Wildman–Crippen MR) is 130 cm³/mol. The van der Waals surface area contributed by atoms with Gasteiger partial charge in [0.15, 0.2) is 0 Å². The van der Waals surface area contributed by atoms with E-state index in [0.29, 0.717) is 30.1 Å². The maximum absolute atomic E-state index is 10.1. The van der Waals surface area contributed by atoms with Crippen molar-refractivity contribution < 1.29 is 19.6 Å². The molecule has 3 fully saturated rings. The van der Waals surface area contributed by atoms with Crippen molar-refractivity contribution in [1.82, 2.24) is 0 Å². The summed E-state index contributed by atoms with van der Waals surface area (Å²) >= 11 is 0. The van der Waals surface area contributed by atoms with E-state index in [1.54, 1.807) is 5.57 Å². The molecule has 0 aliphatic heterocycles. The molecule has 0 aromatic rings. The SMILES string of the molecule is C=C1/C(=C\C=C2/CCC[C@]3(C)[C@@H]([C@@H](C)CCCC(C)(C)O)CC[C@@H]23)C[C@@H](O)C[C@H]1O.[HH].[HH].[HH]. The highest BCUT2D eigenvalue weighted by Gasteiger charge is 2.50. The predicted octanol–water partition coefficient (Wildman–Crippen LogP) is 6.44. The Kier molecular flexibility index (Phi) is 7.37. The third-order valence-electron chi connectivity index (χ3n) is 8.44. The lowest BCUT2D eigenvalue weighted by Crippen LogP contribution is -2.36. The molecule has 176 valence electrons. The first-order valence-electron chi connectivity index (χ1n) is 12.2. The van der Waals surface area contributed by atoms with Crippen LogP contribution in [0.4, 0.5) is 0 Å². The first-order valence-corrected chi connectivity index (χ1v) is 12.2. The van der Waals surface area contributed by atoms with Gasteiger partial charge in [-0.3, -0.25) is 0 Å². The van der Waals surface area contributed by atoms with Crippen LogP contribution in [0.3, 0.4) is 0 Å². The Bertz CT molecular complexity index is 697. The van der Waals surface area contributed by atoms with E-state index in [1.165, 1.54) is 38.5 Å². The zero-order valence-electron chi connectivity index (χ0n) is 19.7. The second-order valence-electron chi connectivity index (χ2n) is 11.3. The molecule has 3 N–H and O–H groups in total. The fraction of sp³-hybridized carbons (Fsp3) is 0.778. The van der Waals surface area contributed by atoms with E-state index in [9.17, 15) is 15.3 Å². The quantitative estimate of drug-likeness (QED) is 0.461. The highest BCUT2D eigenvalue weighted by atomic mass is 16.3. The molecule has 0 bridgehead atoms. The van der Waals surface area contributed by atoms with Gasteiger partial charge in [-0.05, 0) is 93.1 Å². The molecule has 0 unspecified atom stereocenters. The number of aliphatic hydroxyl groups is 3. The Morgan fingerprint density at radius 1 is 1.27 bits per heavy atom. The van der Waals surface area contributed by atoms with E-state index in [2.05, 4.69) is 32.6 Å². The molecular formula is C27H50O3. The summed E-state index contributed by atoms with van der Waals surface area (Å²) in [6.45, 7) is 12.8. The summed E-state index contributed by atoms with van der Waals surface area (Å²) in [6.07, 6.45) is 13.9. The van der Waals surface area contributed by atoms with Crippen molar-refractivity contribution in [2.45, 2.75) is 110 Å². The zero-order valence-corrected chi connectivity index (χ0v) is 19.7. The van der Waals surface area contributed by atoms with Crippen LogP contribution in [0.15, 0.2) is 35.5 Å². The van der Waals surface area contributed by atoms with Gasteiger partial charge in [-0.15, -0.1) is 0 Å². The summed E-state index contributed by atoms with van der Waals surface area (Å²) in [5.41, 5.74) is 3.17. The van der Waals surface area contributed by atoms with Crippen LogP contribution in [0.5, 0.6) is 0 Å². The second kappa shape index (κ2) is 9.30. The summed E-state index contributed by atoms with van der Waals surface area (Å²) in [4.78, 5) is 0. The van der Waals surface area contributed by atoms with Crippen LogP contribution < -0.4 is 0 Å². The molecule has 3 heteroatoms. The first kappa shape index (κ1) is 23.8. The lowest BCUT2D eigenvalue weighted by Gasteiger charge is -2.44. The van der Waals surface area contributed by atoms with Gasteiger partial charge in [-0.25, -0.2) is 0 Å². The fourth-order valence-corrected chi connectivity index (χ4v) is 6.74. The molecule has 3 aliphatic rings. The Morgan fingerprint density at radius 2 is 2.00 bits per heavy atom. The molecule has 0 aromatic heterocycles. The molecule has 0 spiro atoms. The molecule has 0 saturated heterocycles. The smallest absolute Gasteiger partial charge is 0.0811 e. The van der Waals surface area contributed by atoms with E-state index in [-0.39, 0.29) is 4.28 Å². The lowest BCUT2D eigenvalue weighted by atomic mass is 9.60. The van der Waals surface area contributed by atoms with E-state index in [0.717, 1.165) is 29.9 Å². The van der Waals surface area contributed by atoms with Gasteiger partial charge in [0.2, 0.25) is 0 Å². The monoisotopic (exact) mass is 422 g/mol. The van der Waals surface area contributed by atoms with Crippen molar-refractivity contribution in [3.8, 4) is 0 Å². The van der Waals surface area contributed by atoms with E-state index >= 15 is 0 Å². The molecule has 0 heterocycles. The largest absolute Gasteiger partial charge is 0.393 e. The Labute approximate surface area is 188 Å². The minimum absolute atomic E-state index is 0. The van der Waals surface area contributed by atoms with Gasteiger partial charge in [0.25, 0.3) is 0 Å². The number of fused-ring (bicyclic) bond motifs is 1. The molecule has 30 heavy (non-hydrogen) atoms. The Hall–Kier alpha value is -0.900. The molecule has 3 rings (SSSR count). The summed E-state index contributed by atoms with van der Waals surface area (Å²) in [5, 5.41) is 30.2. The summed E-state index contributed by atoms with van der Waals surface area (Å²) < 4.78 is 0. The van der Waals surface area contributed by atoms with Crippen molar-refractivity contribution in [2.24, 2.45) is 23.2 Å².